The Balaban J connectivity index is 2.10. The van der Waals surface area contributed by atoms with Crippen LogP contribution >= 0.6 is 0 Å². The molecule has 0 aliphatic rings. The Kier molecular flexibility index (Phi) is 5.75. The molecule has 1 unspecified atom stereocenters. The van der Waals surface area contributed by atoms with Crippen LogP contribution in [-0.4, -0.2) is 47.5 Å². The minimum Gasteiger partial charge on any atom is -0.467 e. The molecule has 124 valence electrons. The highest BCUT2D eigenvalue weighted by molar-refractivity contribution is 6.09. The molecule has 1 aromatic heterocycles. The van der Waals surface area contributed by atoms with Gasteiger partial charge in [-0.3, -0.25) is 14.6 Å². The Labute approximate surface area is 138 Å². The Morgan fingerprint density at radius 3 is 2.33 bits per heavy atom. The summed E-state index contributed by atoms with van der Waals surface area (Å²) in [4.78, 5) is 39.6. The minimum absolute atomic E-state index is 0.210. The van der Waals surface area contributed by atoms with E-state index >= 15 is 0 Å². The van der Waals surface area contributed by atoms with Crippen molar-refractivity contribution < 1.29 is 24.2 Å². The van der Waals surface area contributed by atoms with Gasteiger partial charge in [-0.15, -0.1) is 0 Å². The molecule has 0 radical (unpaired) electrons. The van der Waals surface area contributed by atoms with Crippen molar-refractivity contribution in [2.24, 2.45) is 0 Å². The number of ether oxygens (including phenoxy) is 1. The van der Waals surface area contributed by atoms with Gasteiger partial charge in [-0.1, -0.05) is 12.1 Å². The third-order valence-electron chi connectivity index (χ3n) is 3.31. The highest BCUT2D eigenvalue weighted by atomic mass is 16.5. The quantitative estimate of drug-likeness (QED) is 0.593. The number of methoxy groups -OCH3 is 1. The van der Waals surface area contributed by atoms with Gasteiger partial charge in [0, 0.05) is 29.1 Å². The molecule has 1 atom stereocenters. The van der Waals surface area contributed by atoms with Gasteiger partial charge in [0.1, 0.15) is 0 Å². The Morgan fingerprint density at radius 1 is 1.12 bits per heavy atom. The maximum Gasteiger partial charge on any atom is 0.330 e. The molecular weight excluding hydrogens is 312 g/mol. The Morgan fingerprint density at radius 2 is 1.79 bits per heavy atom. The highest BCUT2D eigenvalue weighted by Crippen LogP contribution is 2.10. The van der Waals surface area contributed by atoms with Crippen LogP contribution in [0.15, 0.2) is 48.8 Å². The molecule has 24 heavy (non-hydrogen) atoms. The monoisotopic (exact) mass is 328 g/mol. The summed E-state index contributed by atoms with van der Waals surface area (Å²) in [6.07, 6.45) is 3.04. The van der Waals surface area contributed by atoms with Crippen LogP contribution in [0.4, 0.5) is 0 Å². The third-order valence-corrected chi connectivity index (χ3v) is 3.31. The molecule has 0 saturated carbocycles. The molecule has 2 aromatic rings. The molecule has 0 spiro atoms. The van der Waals surface area contributed by atoms with Crippen molar-refractivity contribution in [3.05, 3.63) is 65.5 Å². The van der Waals surface area contributed by atoms with Crippen LogP contribution in [-0.2, 0) is 9.53 Å². The average Bonchev–Trinajstić information content (AvgIpc) is 2.65. The van der Waals surface area contributed by atoms with E-state index in [4.69, 9.17) is 5.11 Å². The molecule has 0 fully saturated rings. The zero-order chi connectivity index (χ0) is 17.5. The summed E-state index contributed by atoms with van der Waals surface area (Å²) >= 11 is 0. The van der Waals surface area contributed by atoms with Gasteiger partial charge in [-0.25, -0.2) is 4.79 Å². The van der Waals surface area contributed by atoms with Gasteiger partial charge < -0.3 is 15.2 Å². The topological polar surface area (TPSA) is 106 Å². The SMILES string of the molecule is COC(=O)C(CO)NC(=O)c1ccc(C(=O)c2cccnc2)cc1. The first-order valence-electron chi connectivity index (χ1n) is 7.11. The summed E-state index contributed by atoms with van der Waals surface area (Å²) in [6, 6.07) is 8.12. The van der Waals surface area contributed by atoms with E-state index in [1.54, 1.807) is 18.3 Å². The fraction of sp³-hybridized carbons (Fsp3) is 0.176. The number of pyridine rings is 1. The number of aliphatic hydroxyl groups excluding tert-OH is 1. The zero-order valence-electron chi connectivity index (χ0n) is 12.9. The second-order valence-corrected chi connectivity index (χ2v) is 4.88. The molecule has 1 aromatic carbocycles. The predicted octanol–water partition coefficient (Wildman–Crippen LogP) is 0.576. The summed E-state index contributed by atoms with van der Waals surface area (Å²) in [7, 11) is 1.16. The molecule has 0 saturated heterocycles. The molecule has 0 bridgehead atoms. The number of esters is 1. The minimum atomic E-state index is -1.14. The molecule has 7 nitrogen and oxygen atoms in total. The molecule has 2 rings (SSSR count). The molecule has 1 heterocycles. The van der Waals surface area contributed by atoms with Crippen LogP contribution in [0.25, 0.3) is 0 Å². The fourth-order valence-corrected chi connectivity index (χ4v) is 2.00. The first-order valence-corrected chi connectivity index (χ1v) is 7.11. The number of nitrogens with zero attached hydrogens (tertiary/aromatic N) is 1. The number of nitrogens with one attached hydrogen (secondary N) is 1. The standard InChI is InChI=1S/C17H16N2O5/c1-24-17(23)14(10-20)19-16(22)12-6-4-11(5-7-12)15(21)13-3-2-8-18-9-13/h2-9,14,20H,10H2,1H3,(H,19,22). The van der Waals surface area contributed by atoms with Crippen molar-refractivity contribution >= 4 is 17.7 Å². The van der Waals surface area contributed by atoms with Gasteiger partial charge in [0.25, 0.3) is 5.91 Å². The van der Waals surface area contributed by atoms with Crippen LogP contribution in [0.3, 0.4) is 0 Å². The van der Waals surface area contributed by atoms with Crippen molar-refractivity contribution in [1.82, 2.24) is 10.3 Å². The van der Waals surface area contributed by atoms with Crippen LogP contribution in [0.5, 0.6) is 0 Å². The second kappa shape index (κ2) is 7.98. The van der Waals surface area contributed by atoms with Crippen molar-refractivity contribution in [3.63, 3.8) is 0 Å². The van der Waals surface area contributed by atoms with Gasteiger partial charge in [0.15, 0.2) is 11.8 Å². The Hall–Kier alpha value is -3.06. The average molecular weight is 328 g/mol. The number of carbonyl (C=O) groups is 3. The van der Waals surface area contributed by atoms with Gasteiger partial charge in [-0.2, -0.15) is 0 Å². The van der Waals surface area contributed by atoms with Crippen molar-refractivity contribution in [2.45, 2.75) is 6.04 Å². The van der Waals surface area contributed by atoms with E-state index in [-0.39, 0.29) is 11.3 Å². The summed E-state index contributed by atoms with van der Waals surface area (Å²) in [6.45, 7) is -0.573. The fourth-order valence-electron chi connectivity index (χ4n) is 2.00. The van der Waals surface area contributed by atoms with E-state index in [0.717, 1.165) is 7.11 Å². The zero-order valence-corrected chi connectivity index (χ0v) is 12.9. The van der Waals surface area contributed by atoms with Crippen LogP contribution in [0.1, 0.15) is 26.3 Å². The number of hydrogen-bond acceptors (Lipinski definition) is 6. The van der Waals surface area contributed by atoms with E-state index in [1.807, 2.05) is 0 Å². The summed E-state index contributed by atoms with van der Waals surface area (Å²) in [5.74, 6) is -1.51. The van der Waals surface area contributed by atoms with E-state index in [2.05, 4.69) is 15.0 Å². The third kappa shape index (κ3) is 4.02. The normalized spacial score (nSPS) is 11.4. The van der Waals surface area contributed by atoms with Crippen molar-refractivity contribution in [1.29, 1.82) is 0 Å². The molecule has 0 aliphatic heterocycles. The maximum atomic E-state index is 12.2. The molecule has 1 amide bonds. The molecule has 0 aliphatic carbocycles. The van der Waals surface area contributed by atoms with Crippen LogP contribution in [0.2, 0.25) is 0 Å². The first kappa shape index (κ1) is 17.3. The predicted molar refractivity (Wildman–Crippen MR) is 84.5 cm³/mol. The lowest BCUT2D eigenvalue weighted by molar-refractivity contribution is -0.143. The lowest BCUT2D eigenvalue weighted by atomic mass is 10.0. The highest BCUT2D eigenvalue weighted by Gasteiger charge is 2.21. The molecule has 2 N–H and O–H groups in total. The number of aromatic nitrogens is 1. The molecule has 7 heteroatoms. The number of benzene rings is 1. The van der Waals surface area contributed by atoms with Gasteiger partial charge in [0.2, 0.25) is 0 Å². The second-order valence-electron chi connectivity index (χ2n) is 4.88. The largest absolute Gasteiger partial charge is 0.467 e. The van der Waals surface area contributed by atoms with Gasteiger partial charge >= 0.3 is 5.97 Å². The number of aliphatic hydroxyl groups is 1. The Bertz CT molecular complexity index is 728. The van der Waals surface area contributed by atoms with E-state index in [0.29, 0.717) is 11.1 Å². The van der Waals surface area contributed by atoms with E-state index in [1.165, 1.54) is 30.5 Å². The van der Waals surface area contributed by atoms with E-state index in [9.17, 15) is 14.4 Å². The molecular formula is C17H16N2O5. The van der Waals surface area contributed by atoms with Crippen LogP contribution < -0.4 is 5.32 Å². The van der Waals surface area contributed by atoms with Gasteiger partial charge in [-0.05, 0) is 24.3 Å². The van der Waals surface area contributed by atoms with Gasteiger partial charge in [0.05, 0.1) is 13.7 Å². The number of hydrogen-bond donors (Lipinski definition) is 2. The number of ketones is 1. The first-order chi connectivity index (χ1) is 11.6. The van der Waals surface area contributed by atoms with Crippen LogP contribution in [0, 0.1) is 0 Å². The summed E-state index contributed by atoms with van der Waals surface area (Å²) < 4.78 is 4.48. The van der Waals surface area contributed by atoms with E-state index < -0.39 is 24.5 Å². The lowest BCUT2D eigenvalue weighted by Crippen LogP contribution is -2.44. The number of rotatable bonds is 6. The summed E-state index contributed by atoms with van der Waals surface area (Å²) in [5, 5.41) is 11.5. The van der Waals surface area contributed by atoms with Crippen molar-refractivity contribution in [2.75, 3.05) is 13.7 Å². The summed E-state index contributed by atoms with van der Waals surface area (Å²) in [5.41, 5.74) is 1.10. The van der Waals surface area contributed by atoms with Crippen molar-refractivity contribution in [3.8, 4) is 0 Å². The number of amides is 1. The maximum absolute atomic E-state index is 12.2. The lowest BCUT2D eigenvalue weighted by Gasteiger charge is -2.13. The smallest absolute Gasteiger partial charge is 0.330 e. The number of carbonyl (C=O) groups excluding carboxylic acids is 3.